The molecule has 0 spiro atoms. The van der Waals surface area contributed by atoms with Gasteiger partial charge in [0.2, 0.25) is 5.95 Å². The van der Waals surface area contributed by atoms with Gasteiger partial charge in [-0.2, -0.15) is 4.98 Å². The fraction of sp³-hybridized carbons (Fsp3) is 0.200. The van der Waals surface area contributed by atoms with Crippen LogP contribution in [0.2, 0.25) is 0 Å². The van der Waals surface area contributed by atoms with Crippen LogP contribution in [0.15, 0.2) is 40.1 Å². The van der Waals surface area contributed by atoms with Crippen LogP contribution in [-0.2, 0) is 11.2 Å². The van der Waals surface area contributed by atoms with E-state index in [-0.39, 0.29) is 36.4 Å². The third-order valence-corrected chi connectivity index (χ3v) is 3.39. The fourth-order valence-electron chi connectivity index (χ4n) is 2.26. The first-order valence-corrected chi connectivity index (χ1v) is 6.92. The van der Waals surface area contributed by atoms with Crippen molar-refractivity contribution in [3.63, 3.8) is 0 Å². The molecule has 1 aliphatic rings. The van der Waals surface area contributed by atoms with Crippen molar-refractivity contribution in [3.8, 4) is 0 Å². The van der Waals surface area contributed by atoms with Crippen LogP contribution in [0.25, 0.3) is 0 Å². The largest absolute Gasteiger partial charge is 0.369 e. The van der Waals surface area contributed by atoms with Crippen LogP contribution in [-0.4, -0.2) is 28.0 Å². The molecule has 0 radical (unpaired) electrons. The number of Topliss-reactive ketones (excluding diaryl/α,β-unsaturated/α-hetero) is 1. The van der Waals surface area contributed by atoms with Gasteiger partial charge in [-0.3, -0.25) is 14.6 Å². The number of benzene rings is 1. The molecule has 4 N–H and O–H groups in total. The van der Waals surface area contributed by atoms with E-state index in [1.54, 1.807) is 0 Å². The van der Waals surface area contributed by atoms with Crippen molar-refractivity contribution in [2.45, 2.75) is 12.8 Å². The zero-order valence-corrected chi connectivity index (χ0v) is 13.0. The molecular formula is C15H16ClN5O2. The summed E-state index contributed by atoms with van der Waals surface area (Å²) >= 11 is 0. The van der Waals surface area contributed by atoms with Crippen LogP contribution in [0.3, 0.4) is 0 Å². The van der Waals surface area contributed by atoms with Crippen LogP contribution >= 0.6 is 12.4 Å². The fourth-order valence-corrected chi connectivity index (χ4v) is 2.26. The number of nitrogens with two attached hydrogens (primary N) is 1. The Morgan fingerprint density at radius 1 is 1.26 bits per heavy atom. The number of rotatable bonds is 4. The normalized spacial score (nSPS) is 12.4. The number of aromatic nitrogens is 2. The van der Waals surface area contributed by atoms with E-state index in [1.165, 1.54) is 0 Å². The number of ketones is 1. The van der Waals surface area contributed by atoms with Crippen molar-refractivity contribution in [1.82, 2.24) is 9.97 Å². The summed E-state index contributed by atoms with van der Waals surface area (Å²) in [6.07, 6.45) is 0.988. The molecule has 0 saturated carbocycles. The van der Waals surface area contributed by atoms with Gasteiger partial charge >= 0.3 is 0 Å². The number of nitrogens with one attached hydrogen (secondary N) is 2. The molecule has 1 aromatic heterocycles. The van der Waals surface area contributed by atoms with Gasteiger partial charge < -0.3 is 11.1 Å². The molecule has 0 bridgehead atoms. The molecule has 0 unspecified atom stereocenters. The Balaban J connectivity index is 0.00000192. The summed E-state index contributed by atoms with van der Waals surface area (Å²) in [6, 6.07) is 9.75. The number of aryl methyl sites for hydroxylation is 1. The van der Waals surface area contributed by atoms with E-state index in [4.69, 9.17) is 5.73 Å². The highest BCUT2D eigenvalue weighted by Gasteiger charge is 2.20. The van der Waals surface area contributed by atoms with Gasteiger partial charge in [0, 0.05) is 6.42 Å². The first kappa shape index (κ1) is 16.7. The number of halogens is 1. The van der Waals surface area contributed by atoms with E-state index < -0.39 is 5.56 Å². The summed E-state index contributed by atoms with van der Waals surface area (Å²) in [7, 11) is 0. The molecular weight excluding hydrogens is 318 g/mol. The number of carbonyl (C=O) groups excluding carboxylic acids is 1. The van der Waals surface area contributed by atoms with Gasteiger partial charge in [-0.15, -0.1) is 12.4 Å². The summed E-state index contributed by atoms with van der Waals surface area (Å²) in [5, 5.41) is 2.91. The lowest BCUT2D eigenvalue weighted by Gasteiger charge is -2.15. The third kappa shape index (κ3) is 3.75. The Kier molecular flexibility index (Phi) is 5.13. The Hall–Kier alpha value is -2.67. The number of aromatic amines is 1. The molecule has 0 atom stereocenters. The average molecular weight is 334 g/mol. The molecule has 1 aromatic carbocycles. The number of aliphatic imine (C=N–C) groups is 1. The third-order valence-electron chi connectivity index (χ3n) is 3.39. The van der Waals surface area contributed by atoms with Gasteiger partial charge in [0.1, 0.15) is 5.71 Å². The van der Waals surface area contributed by atoms with E-state index in [0.717, 1.165) is 5.56 Å². The van der Waals surface area contributed by atoms with Gasteiger partial charge in [-0.05, 0) is 12.0 Å². The number of carbonyl (C=O) groups is 1. The summed E-state index contributed by atoms with van der Waals surface area (Å²) in [4.78, 5) is 34.5. The Bertz CT molecular complexity index is 801. The van der Waals surface area contributed by atoms with Gasteiger partial charge in [0.15, 0.2) is 17.3 Å². The molecule has 0 saturated heterocycles. The molecule has 2 heterocycles. The molecule has 0 amide bonds. The number of hydrogen-bond acceptors (Lipinski definition) is 6. The summed E-state index contributed by atoms with van der Waals surface area (Å²) < 4.78 is 0. The number of nitrogen functional groups attached to an aromatic ring is 1. The standard InChI is InChI=1S/C15H15N5O2.ClH/c16-15-19-13-12(14(22)20-15)18-10(8-17-13)11(21)7-6-9-4-2-1-3-5-9;/h1-5H,6-8H2,(H4,16,17,19,20,22);1H. The molecule has 1 aliphatic heterocycles. The predicted molar refractivity (Wildman–Crippen MR) is 91.9 cm³/mol. The predicted octanol–water partition coefficient (Wildman–Crippen LogP) is 1.47. The lowest BCUT2D eigenvalue weighted by atomic mass is 10.0. The molecule has 8 heteroatoms. The van der Waals surface area contributed by atoms with Crippen LogP contribution in [0, 0.1) is 0 Å². The maximum atomic E-state index is 12.2. The zero-order valence-electron chi connectivity index (χ0n) is 12.2. The van der Waals surface area contributed by atoms with Crippen molar-refractivity contribution in [2.24, 2.45) is 4.99 Å². The minimum atomic E-state index is -0.456. The minimum absolute atomic E-state index is 0. The van der Waals surface area contributed by atoms with Gasteiger partial charge in [-0.25, -0.2) is 4.99 Å². The molecule has 7 nitrogen and oxygen atoms in total. The summed E-state index contributed by atoms with van der Waals surface area (Å²) in [6.45, 7) is 0.247. The number of H-pyrrole nitrogens is 1. The molecule has 0 aliphatic carbocycles. The van der Waals surface area contributed by atoms with Gasteiger partial charge in [0.05, 0.1) is 6.54 Å². The highest BCUT2D eigenvalue weighted by Crippen LogP contribution is 2.21. The van der Waals surface area contributed by atoms with E-state index in [9.17, 15) is 9.59 Å². The van der Waals surface area contributed by atoms with Crippen molar-refractivity contribution in [2.75, 3.05) is 17.6 Å². The first-order chi connectivity index (χ1) is 10.6. The van der Waals surface area contributed by atoms with Crippen molar-refractivity contribution < 1.29 is 4.79 Å². The number of fused-ring (bicyclic) bond motifs is 1. The molecule has 3 rings (SSSR count). The van der Waals surface area contributed by atoms with Gasteiger partial charge in [-0.1, -0.05) is 30.3 Å². The van der Waals surface area contributed by atoms with Crippen LogP contribution in [0.1, 0.15) is 12.0 Å². The Morgan fingerprint density at radius 2 is 2.00 bits per heavy atom. The lowest BCUT2D eigenvalue weighted by molar-refractivity contribution is -0.113. The molecule has 120 valence electrons. The molecule has 0 fully saturated rings. The smallest absolute Gasteiger partial charge is 0.280 e. The van der Waals surface area contributed by atoms with E-state index in [2.05, 4.69) is 20.3 Å². The molecule has 2 aromatic rings. The van der Waals surface area contributed by atoms with Gasteiger partial charge in [0.25, 0.3) is 5.56 Å². The Morgan fingerprint density at radius 3 is 2.74 bits per heavy atom. The van der Waals surface area contributed by atoms with E-state index in [1.807, 2.05) is 30.3 Å². The van der Waals surface area contributed by atoms with Crippen LogP contribution < -0.4 is 16.6 Å². The van der Waals surface area contributed by atoms with E-state index >= 15 is 0 Å². The topological polar surface area (TPSA) is 113 Å². The monoisotopic (exact) mass is 333 g/mol. The highest BCUT2D eigenvalue weighted by molar-refractivity contribution is 6.42. The highest BCUT2D eigenvalue weighted by atomic mass is 35.5. The maximum absolute atomic E-state index is 12.2. The van der Waals surface area contributed by atoms with Crippen LogP contribution in [0.5, 0.6) is 0 Å². The molecule has 23 heavy (non-hydrogen) atoms. The second-order valence-corrected chi connectivity index (χ2v) is 4.97. The maximum Gasteiger partial charge on any atom is 0.280 e. The first-order valence-electron chi connectivity index (χ1n) is 6.92. The van der Waals surface area contributed by atoms with Crippen molar-refractivity contribution >= 4 is 41.4 Å². The van der Waals surface area contributed by atoms with Crippen molar-refractivity contribution in [1.29, 1.82) is 0 Å². The average Bonchev–Trinajstić information content (AvgIpc) is 2.53. The number of hydrogen-bond donors (Lipinski definition) is 3. The number of anilines is 2. The zero-order chi connectivity index (χ0) is 15.5. The minimum Gasteiger partial charge on any atom is -0.369 e. The van der Waals surface area contributed by atoms with Crippen LogP contribution in [0.4, 0.5) is 17.5 Å². The SMILES string of the molecule is Cl.Nc1nc2c(c(=O)[nH]1)N=C(C(=O)CCc1ccccc1)CN2. The summed E-state index contributed by atoms with van der Waals surface area (Å²) in [5.74, 6) is 0.240. The quantitative estimate of drug-likeness (QED) is 0.784. The lowest BCUT2D eigenvalue weighted by Crippen LogP contribution is -2.29. The second-order valence-electron chi connectivity index (χ2n) is 4.97. The number of nitrogens with zero attached hydrogens (tertiary/aromatic N) is 2. The Labute approximate surface area is 138 Å². The van der Waals surface area contributed by atoms with Crippen molar-refractivity contribution in [3.05, 3.63) is 46.2 Å². The van der Waals surface area contributed by atoms with E-state index in [0.29, 0.717) is 24.4 Å². The second kappa shape index (κ2) is 7.06. The summed E-state index contributed by atoms with van der Waals surface area (Å²) in [5.41, 5.74) is 6.54.